The molecule has 1 aliphatic heterocycles. The van der Waals surface area contributed by atoms with Crippen LogP contribution in [-0.4, -0.2) is 47.1 Å². The number of nitrogens with zero attached hydrogens (tertiary/aromatic N) is 2. The Morgan fingerprint density at radius 2 is 1.92 bits per heavy atom. The lowest BCUT2D eigenvalue weighted by Crippen LogP contribution is -2.43. The molecule has 6 heteroatoms. The van der Waals surface area contributed by atoms with Crippen LogP contribution in [0.4, 0.5) is 0 Å². The predicted molar refractivity (Wildman–Crippen MR) is 147 cm³/mol. The molecule has 3 N–H and O–H groups in total. The lowest BCUT2D eigenvalue weighted by atomic mass is 9.94. The first kappa shape index (κ1) is 25.4. The minimum absolute atomic E-state index is 0.135. The molecule has 3 aromatic rings. The molecular formula is C30H34N4O2. The van der Waals surface area contributed by atoms with Crippen LogP contribution in [0, 0.1) is 0 Å². The van der Waals surface area contributed by atoms with Crippen molar-refractivity contribution in [3.05, 3.63) is 102 Å². The Morgan fingerprint density at radius 3 is 2.61 bits per heavy atom. The largest absolute Gasteiger partial charge is 0.508 e. The molecule has 4 rings (SSSR count). The van der Waals surface area contributed by atoms with Crippen LogP contribution >= 0.6 is 0 Å². The number of carbonyl (C=O) groups excluding carboxylic acids is 1. The molecule has 36 heavy (non-hydrogen) atoms. The van der Waals surface area contributed by atoms with Gasteiger partial charge in [-0.1, -0.05) is 61.2 Å². The van der Waals surface area contributed by atoms with Gasteiger partial charge in [0.2, 0.25) is 0 Å². The van der Waals surface area contributed by atoms with Gasteiger partial charge in [0.15, 0.2) is 0 Å². The standard InChI is InChI=1S/C30H34N4O2/c1-4-6-9-22(5-2)29-26(20-34-18-16-31-17-19-34)28(25-10-7-8-11-27(25)33-29)30(36)32-21(3)23-12-14-24(35)15-13-23/h4-15,21,31,35H,1,16-20H2,2-3H3,(H,32,36)/b9-6-,22-5+/t21-/m0/s1. The topological polar surface area (TPSA) is 77.5 Å². The van der Waals surface area contributed by atoms with E-state index in [1.807, 2.05) is 68.5 Å². The van der Waals surface area contributed by atoms with Gasteiger partial charge in [-0.25, -0.2) is 4.98 Å². The summed E-state index contributed by atoms with van der Waals surface area (Å²) in [7, 11) is 0. The van der Waals surface area contributed by atoms with Crippen LogP contribution < -0.4 is 10.6 Å². The second kappa shape index (κ2) is 11.8. The fourth-order valence-electron chi connectivity index (χ4n) is 4.60. The average molecular weight is 483 g/mol. The van der Waals surface area contributed by atoms with Gasteiger partial charge in [-0.05, 0) is 43.2 Å². The first-order chi connectivity index (χ1) is 17.5. The molecule has 0 spiro atoms. The first-order valence-electron chi connectivity index (χ1n) is 12.4. The van der Waals surface area contributed by atoms with Crippen molar-refractivity contribution >= 4 is 22.4 Å². The summed E-state index contributed by atoms with van der Waals surface area (Å²) in [5.41, 5.74) is 5.05. The number of piperazine rings is 1. The minimum atomic E-state index is -0.234. The number of hydrogen-bond donors (Lipinski definition) is 3. The molecule has 1 amide bonds. The lowest BCUT2D eigenvalue weighted by Gasteiger charge is -2.29. The Kier molecular flexibility index (Phi) is 8.31. The molecule has 0 saturated carbocycles. The van der Waals surface area contributed by atoms with E-state index in [2.05, 4.69) is 22.1 Å². The zero-order valence-electron chi connectivity index (χ0n) is 21.0. The molecule has 2 aromatic carbocycles. The number of benzene rings is 2. The van der Waals surface area contributed by atoms with Crippen LogP contribution in [0.1, 0.15) is 47.1 Å². The molecule has 6 nitrogen and oxygen atoms in total. The van der Waals surface area contributed by atoms with E-state index in [1.165, 1.54) is 0 Å². The number of carbonyl (C=O) groups is 1. The quantitative estimate of drug-likeness (QED) is 0.395. The molecule has 186 valence electrons. The number of aromatic hydroxyl groups is 1. The Hall–Kier alpha value is -3.74. The summed E-state index contributed by atoms with van der Waals surface area (Å²) in [6.45, 7) is 12.0. The van der Waals surface area contributed by atoms with Crippen LogP contribution in [0.25, 0.3) is 16.5 Å². The van der Waals surface area contributed by atoms with Crippen molar-refractivity contribution in [3.63, 3.8) is 0 Å². The molecule has 0 bridgehead atoms. The number of allylic oxidation sites excluding steroid dienone is 5. The molecule has 2 heterocycles. The smallest absolute Gasteiger partial charge is 0.252 e. The highest BCUT2D eigenvalue weighted by Gasteiger charge is 2.25. The fourth-order valence-corrected chi connectivity index (χ4v) is 4.60. The van der Waals surface area contributed by atoms with Crippen molar-refractivity contribution in [1.29, 1.82) is 0 Å². The van der Waals surface area contributed by atoms with E-state index in [-0.39, 0.29) is 17.7 Å². The number of hydrogen-bond acceptors (Lipinski definition) is 5. The Bertz CT molecular complexity index is 1290. The van der Waals surface area contributed by atoms with Crippen molar-refractivity contribution in [3.8, 4) is 5.75 Å². The Morgan fingerprint density at radius 1 is 1.19 bits per heavy atom. The third-order valence-electron chi connectivity index (χ3n) is 6.55. The molecule has 0 unspecified atom stereocenters. The van der Waals surface area contributed by atoms with Gasteiger partial charge in [-0.15, -0.1) is 0 Å². The maximum atomic E-state index is 14.0. The second-order valence-corrected chi connectivity index (χ2v) is 8.98. The predicted octanol–water partition coefficient (Wildman–Crippen LogP) is 4.98. The number of rotatable bonds is 8. The summed E-state index contributed by atoms with van der Waals surface area (Å²) in [6, 6.07) is 14.5. The van der Waals surface area contributed by atoms with Crippen LogP contribution in [0.15, 0.2) is 79.4 Å². The number of phenols is 1. The van der Waals surface area contributed by atoms with E-state index in [0.717, 1.165) is 59.5 Å². The van der Waals surface area contributed by atoms with Crippen molar-refractivity contribution < 1.29 is 9.90 Å². The summed E-state index contributed by atoms with van der Waals surface area (Å²) in [4.78, 5) is 21.4. The van der Waals surface area contributed by atoms with E-state index in [0.29, 0.717) is 12.1 Å². The molecular weight excluding hydrogens is 448 g/mol. The van der Waals surface area contributed by atoms with Gasteiger partial charge < -0.3 is 15.7 Å². The van der Waals surface area contributed by atoms with Crippen LogP contribution in [0.5, 0.6) is 5.75 Å². The zero-order chi connectivity index (χ0) is 25.5. The molecule has 1 aliphatic rings. The summed E-state index contributed by atoms with van der Waals surface area (Å²) in [5, 5.41) is 17.1. The van der Waals surface area contributed by atoms with Gasteiger partial charge in [0.1, 0.15) is 5.75 Å². The number of phenolic OH excluding ortho intramolecular Hbond substituents is 1. The van der Waals surface area contributed by atoms with Crippen molar-refractivity contribution in [1.82, 2.24) is 20.5 Å². The third-order valence-corrected chi connectivity index (χ3v) is 6.55. The number of amides is 1. The van der Waals surface area contributed by atoms with Gasteiger partial charge >= 0.3 is 0 Å². The zero-order valence-corrected chi connectivity index (χ0v) is 21.0. The summed E-state index contributed by atoms with van der Waals surface area (Å²) >= 11 is 0. The normalized spacial score (nSPS) is 15.8. The monoisotopic (exact) mass is 482 g/mol. The fraction of sp³-hybridized carbons (Fsp3) is 0.267. The van der Waals surface area contributed by atoms with E-state index in [4.69, 9.17) is 4.98 Å². The van der Waals surface area contributed by atoms with Gasteiger partial charge in [0.25, 0.3) is 5.91 Å². The average Bonchev–Trinajstić information content (AvgIpc) is 2.90. The SMILES string of the molecule is C=C/C=C\C(=C/C)c1nc2ccccc2c(C(=O)N[C@@H](C)c2ccc(O)cc2)c1CN1CCNCC1. The van der Waals surface area contributed by atoms with Crippen LogP contribution in [0.2, 0.25) is 0 Å². The number of fused-ring (bicyclic) bond motifs is 1. The molecule has 1 atom stereocenters. The number of para-hydroxylation sites is 1. The highest BCUT2D eigenvalue weighted by Crippen LogP contribution is 2.30. The van der Waals surface area contributed by atoms with Gasteiger partial charge in [-0.3, -0.25) is 9.69 Å². The third kappa shape index (κ3) is 5.73. The van der Waals surface area contributed by atoms with Crippen molar-refractivity contribution in [2.45, 2.75) is 26.4 Å². The van der Waals surface area contributed by atoms with Gasteiger partial charge in [0, 0.05) is 43.7 Å². The van der Waals surface area contributed by atoms with Gasteiger partial charge in [-0.2, -0.15) is 0 Å². The maximum absolute atomic E-state index is 14.0. The molecule has 1 fully saturated rings. The summed E-state index contributed by atoms with van der Waals surface area (Å²) in [6.07, 6.45) is 7.66. The van der Waals surface area contributed by atoms with E-state index in [9.17, 15) is 9.90 Å². The molecule has 1 aromatic heterocycles. The Balaban J connectivity index is 1.85. The highest BCUT2D eigenvalue weighted by atomic mass is 16.3. The van der Waals surface area contributed by atoms with Gasteiger partial charge in [0.05, 0.1) is 22.8 Å². The van der Waals surface area contributed by atoms with Crippen molar-refractivity contribution in [2.75, 3.05) is 26.2 Å². The van der Waals surface area contributed by atoms with E-state index in [1.54, 1.807) is 18.2 Å². The number of pyridine rings is 1. The van der Waals surface area contributed by atoms with E-state index < -0.39 is 0 Å². The highest BCUT2D eigenvalue weighted by molar-refractivity contribution is 6.08. The molecule has 0 aliphatic carbocycles. The Labute approximate surface area is 213 Å². The van der Waals surface area contributed by atoms with E-state index >= 15 is 0 Å². The lowest BCUT2D eigenvalue weighted by molar-refractivity contribution is 0.0939. The summed E-state index contributed by atoms with van der Waals surface area (Å²) < 4.78 is 0. The maximum Gasteiger partial charge on any atom is 0.252 e. The molecule has 1 saturated heterocycles. The minimum Gasteiger partial charge on any atom is -0.508 e. The first-order valence-corrected chi connectivity index (χ1v) is 12.4. The second-order valence-electron chi connectivity index (χ2n) is 8.98. The van der Waals surface area contributed by atoms with Crippen molar-refractivity contribution in [2.24, 2.45) is 0 Å². The number of aromatic nitrogens is 1. The summed E-state index contributed by atoms with van der Waals surface area (Å²) in [5.74, 6) is 0.0653. The van der Waals surface area contributed by atoms with Crippen LogP contribution in [0.3, 0.4) is 0 Å². The molecule has 0 radical (unpaired) electrons. The number of nitrogens with one attached hydrogen (secondary N) is 2. The van der Waals surface area contributed by atoms with Crippen LogP contribution in [-0.2, 0) is 6.54 Å².